The zero-order valence-electron chi connectivity index (χ0n) is 10.5. The summed E-state index contributed by atoms with van der Waals surface area (Å²) in [5, 5.41) is 13.5. The van der Waals surface area contributed by atoms with Gasteiger partial charge < -0.3 is 5.32 Å². The van der Waals surface area contributed by atoms with Crippen LogP contribution in [0, 0.1) is 10.1 Å². The molecule has 5 heteroatoms. The lowest BCUT2D eigenvalue weighted by atomic mass is 10.1. The number of rotatable bonds is 5. The van der Waals surface area contributed by atoms with Crippen molar-refractivity contribution in [1.29, 1.82) is 0 Å². The Morgan fingerprint density at radius 3 is 2.10 bits per heavy atom. The Bertz CT molecular complexity index is 637. The standard InChI is InChI=1S/C15H12N2O3/c18-15(12-7-3-1-4-8-12)14(11-17(19)20)16-13-9-5-2-6-10-13/h1-11,16H/b14-11-. The summed E-state index contributed by atoms with van der Waals surface area (Å²) in [6, 6.07) is 17.3. The molecule has 2 aromatic carbocycles. The average Bonchev–Trinajstić information content (AvgIpc) is 2.47. The minimum Gasteiger partial charge on any atom is -0.347 e. The number of carbonyl (C=O) groups is 1. The highest BCUT2D eigenvalue weighted by atomic mass is 16.6. The maximum atomic E-state index is 12.2. The van der Waals surface area contributed by atoms with Crippen LogP contribution in [0.25, 0.3) is 0 Å². The molecule has 0 saturated heterocycles. The van der Waals surface area contributed by atoms with Crippen LogP contribution in [0.3, 0.4) is 0 Å². The van der Waals surface area contributed by atoms with E-state index in [1.54, 1.807) is 54.6 Å². The Morgan fingerprint density at radius 2 is 1.55 bits per heavy atom. The highest BCUT2D eigenvalue weighted by Gasteiger charge is 2.16. The second-order valence-corrected chi connectivity index (χ2v) is 4.01. The first-order chi connectivity index (χ1) is 9.66. The van der Waals surface area contributed by atoms with Crippen molar-refractivity contribution in [2.75, 3.05) is 5.32 Å². The van der Waals surface area contributed by atoms with E-state index in [0.29, 0.717) is 17.5 Å². The molecule has 0 aliphatic heterocycles. The van der Waals surface area contributed by atoms with Crippen LogP contribution in [0.1, 0.15) is 10.4 Å². The van der Waals surface area contributed by atoms with Crippen molar-refractivity contribution in [3.05, 3.63) is 88.2 Å². The molecule has 1 N–H and O–H groups in total. The van der Waals surface area contributed by atoms with E-state index in [0.717, 1.165) is 0 Å². The number of nitro groups is 1. The summed E-state index contributed by atoms with van der Waals surface area (Å²) in [4.78, 5) is 22.3. The van der Waals surface area contributed by atoms with E-state index >= 15 is 0 Å². The number of benzene rings is 2. The molecule has 20 heavy (non-hydrogen) atoms. The summed E-state index contributed by atoms with van der Waals surface area (Å²) in [5.74, 6) is -0.425. The Kier molecular flexibility index (Phi) is 4.24. The van der Waals surface area contributed by atoms with Crippen molar-refractivity contribution in [2.45, 2.75) is 0 Å². The average molecular weight is 268 g/mol. The quantitative estimate of drug-likeness (QED) is 0.391. The lowest BCUT2D eigenvalue weighted by molar-refractivity contribution is -0.403. The van der Waals surface area contributed by atoms with Gasteiger partial charge in [-0.15, -0.1) is 0 Å². The molecule has 0 aliphatic rings. The van der Waals surface area contributed by atoms with Gasteiger partial charge in [0.1, 0.15) is 0 Å². The Labute approximate surface area is 115 Å². The number of Topliss-reactive ketones (excluding diaryl/α,β-unsaturated/α-hetero) is 1. The summed E-state index contributed by atoms with van der Waals surface area (Å²) in [6.07, 6.45) is 0.683. The summed E-state index contributed by atoms with van der Waals surface area (Å²) in [7, 11) is 0. The summed E-state index contributed by atoms with van der Waals surface area (Å²) >= 11 is 0. The van der Waals surface area contributed by atoms with E-state index in [1.807, 2.05) is 6.07 Å². The maximum Gasteiger partial charge on any atom is 0.261 e. The van der Waals surface area contributed by atoms with Gasteiger partial charge in [-0.3, -0.25) is 14.9 Å². The first kappa shape index (κ1) is 13.5. The van der Waals surface area contributed by atoms with E-state index in [1.165, 1.54) is 0 Å². The van der Waals surface area contributed by atoms with Gasteiger partial charge in [0, 0.05) is 11.3 Å². The van der Waals surface area contributed by atoms with Gasteiger partial charge >= 0.3 is 0 Å². The molecule has 0 spiro atoms. The third-order valence-electron chi connectivity index (χ3n) is 2.57. The van der Waals surface area contributed by atoms with E-state index < -0.39 is 10.7 Å². The van der Waals surface area contributed by atoms with Gasteiger partial charge in [0.15, 0.2) is 5.70 Å². The smallest absolute Gasteiger partial charge is 0.261 e. The molecule has 0 unspecified atom stereocenters. The third kappa shape index (κ3) is 3.52. The molecule has 2 aromatic rings. The van der Waals surface area contributed by atoms with Crippen LogP contribution >= 0.6 is 0 Å². The molecular weight excluding hydrogens is 256 g/mol. The van der Waals surface area contributed by atoms with Crippen molar-refractivity contribution >= 4 is 11.5 Å². The monoisotopic (exact) mass is 268 g/mol. The lowest BCUT2D eigenvalue weighted by Gasteiger charge is -2.07. The predicted octanol–water partition coefficient (Wildman–Crippen LogP) is 3.10. The Hall–Kier alpha value is -2.95. The fourth-order valence-corrected chi connectivity index (χ4v) is 1.68. The Morgan fingerprint density at radius 1 is 1.00 bits per heavy atom. The molecule has 0 atom stereocenters. The van der Waals surface area contributed by atoms with Gasteiger partial charge in [0.25, 0.3) is 6.20 Å². The van der Waals surface area contributed by atoms with Gasteiger partial charge in [-0.05, 0) is 12.1 Å². The fraction of sp³-hybridized carbons (Fsp3) is 0. The summed E-state index contributed by atoms with van der Waals surface area (Å²) in [6.45, 7) is 0. The van der Waals surface area contributed by atoms with Crippen LogP contribution in [0.5, 0.6) is 0 Å². The van der Waals surface area contributed by atoms with Gasteiger partial charge in [0.05, 0.1) is 4.92 Å². The molecule has 2 rings (SSSR count). The number of nitrogens with one attached hydrogen (secondary N) is 1. The van der Waals surface area contributed by atoms with Crippen LogP contribution in [0.2, 0.25) is 0 Å². The number of hydrogen-bond donors (Lipinski definition) is 1. The van der Waals surface area contributed by atoms with Crippen LogP contribution < -0.4 is 5.32 Å². The molecular formula is C15H12N2O3. The van der Waals surface area contributed by atoms with Gasteiger partial charge in [-0.25, -0.2) is 0 Å². The fourth-order valence-electron chi connectivity index (χ4n) is 1.68. The summed E-state index contributed by atoms with van der Waals surface area (Å²) < 4.78 is 0. The van der Waals surface area contributed by atoms with Crippen molar-refractivity contribution in [3.8, 4) is 0 Å². The third-order valence-corrected chi connectivity index (χ3v) is 2.57. The first-order valence-electron chi connectivity index (χ1n) is 5.94. The molecule has 0 heterocycles. The largest absolute Gasteiger partial charge is 0.347 e. The van der Waals surface area contributed by atoms with E-state index in [2.05, 4.69) is 5.32 Å². The highest BCUT2D eigenvalue weighted by Crippen LogP contribution is 2.13. The van der Waals surface area contributed by atoms with E-state index in [4.69, 9.17) is 0 Å². The van der Waals surface area contributed by atoms with Crippen molar-refractivity contribution < 1.29 is 9.72 Å². The van der Waals surface area contributed by atoms with Crippen LogP contribution in [0.4, 0.5) is 5.69 Å². The predicted molar refractivity (Wildman–Crippen MR) is 75.9 cm³/mol. The van der Waals surface area contributed by atoms with Crippen molar-refractivity contribution in [2.24, 2.45) is 0 Å². The topological polar surface area (TPSA) is 72.2 Å². The number of allylic oxidation sites excluding steroid dienone is 1. The van der Waals surface area contributed by atoms with Gasteiger partial charge in [-0.1, -0.05) is 48.5 Å². The normalized spacial score (nSPS) is 10.9. The molecule has 0 saturated carbocycles. The number of hydrogen-bond acceptors (Lipinski definition) is 4. The first-order valence-corrected chi connectivity index (χ1v) is 5.94. The minimum absolute atomic E-state index is 0.0765. The van der Waals surface area contributed by atoms with Crippen molar-refractivity contribution in [1.82, 2.24) is 0 Å². The zero-order valence-corrected chi connectivity index (χ0v) is 10.5. The molecule has 0 aliphatic carbocycles. The summed E-state index contributed by atoms with van der Waals surface area (Å²) in [5.41, 5.74) is 0.932. The minimum atomic E-state index is -0.647. The SMILES string of the molecule is O=C(/C(=C/[N+](=O)[O-])Nc1ccccc1)c1ccccc1. The number of anilines is 1. The zero-order chi connectivity index (χ0) is 14.4. The molecule has 0 fully saturated rings. The second kappa shape index (κ2) is 6.29. The number of para-hydroxylation sites is 1. The van der Waals surface area contributed by atoms with Crippen LogP contribution in [-0.2, 0) is 0 Å². The molecule has 0 amide bonds. The molecule has 0 bridgehead atoms. The number of nitrogens with zero attached hydrogens (tertiary/aromatic N) is 1. The molecule has 5 nitrogen and oxygen atoms in total. The maximum absolute atomic E-state index is 12.2. The molecule has 0 aromatic heterocycles. The molecule has 0 radical (unpaired) electrons. The van der Waals surface area contributed by atoms with E-state index in [-0.39, 0.29) is 5.70 Å². The number of carbonyl (C=O) groups excluding carboxylic acids is 1. The number of ketones is 1. The Balaban J connectivity index is 2.30. The van der Waals surface area contributed by atoms with Crippen molar-refractivity contribution in [3.63, 3.8) is 0 Å². The highest BCUT2D eigenvalue weighted by molar-refractivity contribution is 6.10. The molecule has 100 valence electrons. The van der Waals surface area contributed by atoms with E-state index in [9.17, 15) is 14.9 Å². The van der Waals surface area contributed by atoms with Gasteiger partial charge in [-0.2, -0.15) is 0 Å². The lowest BCUT2D eigenvalue weighted by Crippen LogP contribution is -2.13. The second-order valence-electron chi connectivity index (χ2n) is 4.01. The van der Waals surface area contributed by atoms with Gasteiger partial charge in [0.2, 0.25) is 5.78 Å². The van der Waals surface area contributed by atoms with Crippen LogP contribution in [0.15, 0.2) is 72.6 Å². The van der Waals surface area contributed by atoms with Crippen LogP contribution in [-0.4, -0.2) is 10.7 Å².